The fourth-order valence-corrected chi connectivity index (χ4v) is 4.59. The van der Waals surface area contributed by atoms with Crippen molar-refractivity contribution in [2.75, 3.05) is 32.7 Å². The molecule has 0 N–H and O–H groups in total. The number of piperazine rings is 1. The highest BCUT2D eigenvalue weighted by Crippen LogP contribution is 2.16. The molecule has 164 valence electrons. The van der Waals surface area contributed by atoms with Gasteiger partial charge in [-0.2, -0.15) is 0 Å². The molecule has 0 bridgehead atoms. The fourth-order valence-electron chi connectivity index (χ4n) is 4.59. The Morgan fingerprint density at radius 3 is 2.62 bits per heavy atom. The Kier molecular flexibility index (Phi) is 5.49. The molecule has 0 saturated carbocycles. The molecule has 1 saturated heterocycles. The Morgan fingerprint density at radius 2 is 1.81 bits per heavy atom. The van der Waals surface area contributed by atoms with Crippen molar-refractivity contribution in [3.05, 3.63) is 82.4 Å². The number of hydrogen-bond acceptors (Lipinski definition) is 4. The number of hydrogen-bond donors (Lipinski definition) is 0. The molecule has 0 radical (unpaired) electrons. The molecular weight excluding hydrogens is 402 g/mol. The first-order valence-corrected chi connectivity index (χ1v) is 11.2. The Morgan fingerprint density at radius 1 is 1.00 bits per heavy atom. The summed E-state index contributed by atoms with van der Waals surface area (Å²) in [5.41, 5.74) is 3.60. The van der Waals surface area contributed by atoms with Gasteiger partial charge in [-0.1, -0.05) is 19.1 Å². The lowest BCUT2D eigenvalue weighted by Crippen LogP contribution is -2.48. The van der Waals surface area contributed by atoms with Crippen molar-refractivity contribution < 1.29 is 4.79 Å². The van der Waals surface area contributed by atoms with Gasteiger partial charge < -0.3 is 9.30 Å². The maximum absolute atomic E-state index is 13.2. The van der Waals surface area contributed by atoms with Gasteiger partial charge in [-0.15, -0.1) is 0 Å². The molecule has 7 nitrogen and oxygen atoms in total. The van der Waals surface area contributed by atoms with E-state index in [2.05, 4.69) is 16.8 Å². The first-order valence-electron chi connectivity index (χ1n) is 11.2. The van der Waals surface area contributed by atoms with Crippen molar-refractivity contribution in [3.8, 4) is 0 Å². The lowest BCUT2D eigenvalue weighted by Gasteiger charge is -2.34. The highest BCUT2D eigenvalue weighted by molar-refractivity contribution is 5.94. The van der Waals surface area contributed by atoms with Crippen LogP contribution in [0.3, 0.4) is 0 Å². The Hall–Kier alpha value is -3.45. The van der Waals surface area contributed by atoms with E-state index in [1.165, 1.54) is 0 Å². The number of rotatable bonds is 5. The van der Waals surface area contributed by atoms with Crippen LogP contribution >= 0.6 is 0 Å². The van der Waals surface area contributed by atoms with Crippen LogP contribution in [-0.4, -0.2) is 62.4 Å². The van der Waals surface area contributed by atoms with E-state index in [4.69, 9.17) is 0 Å². The van der Waals surface area contributed by atoms with Crippen LogP contribution in [0.5, 0.6) is 0 Å². The van der Waals surface area contributed by atoms with Crippen molar-refractivity contribution in [3.63, 3.8) is 0 Å². The highest BCUT2D eigenvalue weighted by atomic mass is 16.2. The Bertz CT molecular complexity index is 1330. The van der Waals surface area contributed by atoms with Crippen LogP contribution < -0.4 is 5.56 Å². The minimum atomic E-state index is -0.0926. The largest absolute Gasteiger partial charge is 0.336 e. The lowest BCUT2D eigenvalue weighted by atomic mass is 10.1. The zero-order valence-corrected chi connectivity index (χ0v) is 18.3. The van der Waals surface area contributed by atoms with Crippen molar-refractivity contribution in [2.45, 2.75) is 19.9 Å². The van der Waals surface area contributed by atoms with Gasteiger partial charge in [0.2, 0.25) is 0 Å². The van der Waals surface area contributed by atoms with Gasteiger partial charge in [0.1, 0.15) is 5.52 Å². The summed E-state index contributed by atoms with van der Waals surface area (Å²) in [4.78, 5) is 35.1. The van der Waals surface area contributed by atoms with E-state index < -0.39 is 0 Å². The van der Waals surface area contributed by atoms with Crippen LogP contribution in [0, 0.1) is 0 Å². The summed E-state index contributed by atoms with van der Waals surface area (Å²) >= 11 is 0. The second-order valence-corrected chi connectivity index (χ2v) is 8.34. The van der Waals surface area contributed by atoms with Gasteiger partial charge >= 0.3 is 0 Å². The number of nitrogens with zero attached hydrogens (tertiary/aromatic N) is 5. The number of pyridine rings is 1. The number of carbonyl (C=O) groups excluding carboxylic acids is 1. The van der Waals surface area contributed by atoms with Gasteiger partial charge in [0.25, 0.3) is 11.5 Å². The maximum atomic E-state index is 13.2. The van der Waals surface area contributed by atoms with Gasteiger partial charge in [-0.25, -0.2) is 4.98 Å². The van der Waals surface area contributed by atoms with Crippen LogP contribution in [0.1, 0.15) is 29.3 Å². The minimum Gasteiger partial charge on any atom is -0.336 e. The van der Waals surface area contributed by atoms with Crippen LogP contribution in [-0.2, 0) is 6.54 Å². The van der Waals surface area contributed by atoms with Gasteiger partial charge in [-0.05, 0) is 54.9 Å². The van der Waals surface area contributed by atoms with Crippen LogP contribution in [0.15, 0.2) is 65.7 Å². The summed E-state index contributed by atoms with van der Waals surface area (Å²) < 4.78 is 3.57. The molecule has 0 aliphatic carbocycles. The molecule has 5 rings (SSSR count). The molecule has 1 aliphatic heterocycles. The third kappa shape index (κ3) is 3.69. The zero-order chi connectivity index (χ0) is 22.1. The molecule has 1 aliphatic rings. The van der Waals surface area contributed by atoms with E-state index >= 15 is 0 Å². The Labute approximate surface area is 186 Å². The summed E-state index contributed by atoms with van der Waals surface area (Å²) in [5, 5.41) is 0. The Balaban J connectivity index is 1.43. The summed E-state index contributed by atoms with van der Waals surface area (Å²) in [6, 6.07) is 15.1. The van der Waals surface area contributed by atoms with Crippen molar-refractivity contribution in [1.29, 1.82) is 0 Å². The van der Waals surface area contributed by atoms with E-state index in [1.54, 1.807) is 10.8 Å². The molecule has 4 heterocycles. The van der Waals surface area contributed by atoms with Gasteiger partial charge in [0.05, 0.1) is 12.1 Å². The summed E-state index contributed by atoms with van der Waals surface area (Å²) in [5.74, 6) is 0.0559. The molecule has 32 heavy (non-hydrogen) atoms. The number of aromatic nitrogens is 3. The third-order valence-corrected chi connectivity index (χ3v) is 6.21. The van der Waals surface area contributed by atoms with Crippen LogP contribution in [0.2, 0.25) is 0 Å². The molecule has 0 spiro atoms. The number of amides is 1. The second kappa shape index (κ2) is 8.59. The van der Waals surface area contributed by atoms with Gasteiger partial charge in [0.15, 0.2) is 5.65 Å². The molecule has 4 aromatic rings. The SMILES string of the molecule is CCCN1CCN(C(=O)c2cccc(Cn3c(=O)c4cccn4c4cccnc43)c2)CC1. The molecule has 0 unspecified atom stereocenters. The first-order chi connectivity index (χ1) is 15.7. The monoisotopic (exact) mass is 429 g/mol. The predicted molar refractivity (Wildman–Crippen MR) is 125 cm³/mol. The van der Waals surface area contributed by atoms with Crippen LogP contribution in [0.4, 0.5) is 0 Å². The highest BCUT2D eigenvalue weighted by Gasteiger charge is 2.22. The van der Waals surface area contributed by atoms with Crippen molar-refractivity contribution in [1.82, 2.24) is 23.8 Å². The molecule has 0 atom stereocenters. The van der Waals surface area contributed by atoms with Gasteiger partial charge in [0, 0.05) is 44.1 Å². The molecule has 3 aromatic heterocycles. The normalized spacial score (nSPS) is 15.0. The van der Waals surface area contributed by atoms with E-state index in [-0.39, 0.29) is 11.5 Å². The second-order valence-electron chi connectivity index (χ2n) is 8.34. The number of carbonyl (C=O) groups is 1. The van der Waals surface area contributed by atoms with Crippen molar-refractivity contribution >= 4 is 22.6 Å². The summed E-state index contributed by atoms with van der Waals surface area (Å²) in [6.45, 7) is 6.97. The molecule has 1 fully saturated rings. The average molecular weight is 430 g/mol. The standard InChI is InChI=1S/C25H27N5O2/c1-2-11-27-13-15-28(16-14-27)24(31)20-7-3-6-19(17-20)18-30-23-21(8-4-10-26-23)29-12-5-9-22(29)25(30)32/h3-10,12,17H,2,11,13-16,18H2,1H3. The zero-order valence-electron chi connectivity index (χ0n) is 18.3. The van der Waals surface area contributed by atoms with Crippen molar-refractivity contribution in [2.24, 2.45) is 0 Å². The summed E-state index contributed by atoms with van der Waals surface area (Å²) in [7, 11) is 0. The number of benzene rings is 1. The smallest absolute Gasteiger partial charge is 0.276 e. The maximum Gasteiger partial charge on any atom is 0.276 e. The molecule has 7 heteroatoms. The topological polar surface area (TPSA) is 62.8 Å². The third-order valence-electron chi connectivity index (χ3n) is 6.21. The predicted octanol–water partition coefficient (Wildman–Crippen LogP) is 2.87. The van der Waals surface area contributed by atoms with E-state index in [1.807, 2.05) is 64.0 Å². The molecule has 1 aromatic carbocycles. The quantitative estimate of drug-likeness (QED) is 0.489. The lowest BCUT2D eigenvalue weighted by molar-refractivity contribution is 0.0637. The number of fused-ring (bicyclic) bond motifs is 3. The fraction of sp³-hybridized carbons (Fsp3) is 0.320. The first kappa shape index (κ1) is 20.5. The minimum absolute atomic E-state index is 0.0559. The average Bonchev–Trinajstić information content (AvgIpc) is 3.33. The van der Waals surface area contributed by atoms with E-state index in [0.717, 1.165) is 50.2 Å². The van der Waals surface area contributed by atoms with E-state index in [0.29, 0.717) is 23.3 Å². The van der Waals surface area contributed by atoms with Crippen LogP contribution in [0.25, 0.3) is 16.7 Å². The van der Waals surface area contributed by atoms with Gasteiger partial charge in [-0.3, -0.25) is 19.1 Å². The molecule has 1 amide bonds. The summed E-state index contributed by atoms with van der Waals surface area (Å²) in [6.07, 6.45) is 4.71. The molecular formula is C25H27N5O2. The van der Waals surface area contributed by atoms with E-state index in [9.17, 15) is 9.59 Å².